The third-order valence-corrected chi connectivity index (χ3v) is 10.2. The highest BCUT2D eigenvalue weighted by molar-refractivity contribution is 7.16. The van der Waals surface area contributed by atoms with Crippen LogP contribution in [0, 0.1) is 24.2 Å². The van der Waals surface area contributed by atoms with Gasteiger partial charge < -0.3 is 20.2 Å². The molecule has 3 aliphatic rings. The second-order valence-electron chi connectivity index (χ2n) is 11.9. The first-order valence-corrected chi connectivity index (χ1v) is 15.0. The number of hydrogen-bond acceptors (Lipinski definition) is 7. The van der Waals surface area contributed by atoms with Crippen molar-refractivity contribution in [3.05, 3.63) is 45.8 Å². The first kappa shape index (κ1) is 25.8. The molecule has 0 spiro atoms. The van der Waals surface area contributed by atoms with Gasteiger partial charge in [-0.3, -0.25) is 4.79 Å². The van der Waals surface area contributed by atoms with Gasteiger partial charge in [0.05, 0.1) is 16.8 Å². The van der Waals surface area contributed by atoms with Crippen molar-refractivity contribution >= 4 is 50.9 Å². The number of anilines is 2. The zero-order valence-corrected chi connectivity index (χ0v) is 23.9. The number of carbonyl (C=O) groups is 1. The average molecular weight is 554 g/mol. The van der Waals surface area contributed by atoms with Gasteiger partial charge in [0.25, 0.3) is 0 Å². The maximum atomic E-state index is 11.5. The third kappa shape index (κ3) is 4.75. The minimum Gasteiger partial charge on any atom is -0.481 e. The van der Waals surface area contributed by atoms with Crippen molar-refractivity contribution in [2.24, 2.45) is 17.3 Å². The maximum Gasteiger partial charge on any atom is 0.309 e. The Labute approximate surface area is 233 Å². The van der Waals surface area contributed by atoms with E-state index in [1.165, 1.54) is 12.8 Å². The summed E-state index contributed by atoms with van der Waals surface area (Å²) in [5, 5.41) is 17.0. The molecule has 3 fully saturated rings. The number of nitrogens with one attached hydrogen (secondary N) is 1. The number of nitrogens with zero attached hydrogens (tertiary/aromatic N) is 4. The highest BCUT2D eigenvalue weighted by Crippen LogP contribution is 2.45. The van der Waals surface area contributed by atoms with Crippen LogP contribution in [0.1, 0.15) is 56.7 Å². The van der Waals surface area contributed by atoms with Crippen LogP contribution in [-0.4, -0.2) is 58.2 Å². The van der Waals surface area contributed by atoms with Gasteiger partial charge in [-0.15, -0.1) is 11.3 Å². The van der Waals surface area contributed by atoms with Crippen molar-refractivity contribution in [2.75, 3.05) is 36.4 Å². The summed E-state index contributed by atoms with van der Waals surface area (Å²) in [5.74, 6) is 2.29. The number of carboxylic acid groups (broad SMARTS) is 1. The van der Waals surface area contributed by atoms with Gasteiger partial charge in [0, 0.05) is 30.7 Å². The fourth-order valence-electron chi connectivity index (χ4n) is 6.51. The van der Waals surface area contributed by atoms with E-state index < -0.39 is 11.4 Å². The lowest BCUT2D eigenvalue weighted by molar-refractivity contribution is -0.158. The quantitative estimate of drug-likeness (QED) is 0.359. The Morgan fingerprint density at radius 2 is 2.00 bits per heavy atom. The fraction of sp³-hybridized carbons (Fsp3) is 0.552. The van der Waals surface area contributed by atoms with Gasteiger partial charge in [-0.25, -0.2) is 4.98 Å². The monoisotopic (exact) mass is 553 g/mol. The number of aliphatic carboxylic acids is 1. The van der Waals surface area contributed by atoms with Gasteiger partial charge in [-0.2, -0.15) is 4.98 Å². The standard InChI is InChI=1S/C29H36ClN5O2S/c1-17-6-7-22(24(30)11-17)18(2)31-25-23-8-10-38-26(23)33-28(32-25)35-15-20(16-35)19-5-4-9-34(14-19)21-12-29(3,13-21)27(36)37/h6-8,10-11,18-21H,4-5,9,12-16H2,1-3H3,(H,36,37)(H,31,32,33)/t18-,19+,21?,29?/m1/s1. The molecule has 0 bridgehead atoms. The minimum atomic E-state index is -0.648. The first-order chi connectivity index (χ1) is 18.2. The van der Waals surface area contributed by atoms with Crippen LogP contribution in [0.5, 0.6) is 0 Å². The molecule has 2 saturated heterocycles. The molecule has 0 unspecified atom stereocenters. The molecular weight excluding hydrogens is 518 g/mol. The lowest BCUT2D eigenvalue weighted by Crippen LogP contribution is -2.58. The SMILES string of the molecule is Cc1ccc([C@@H](C)Nc2nc(N3CC([C@H]4CCCN(C5CC(C)(C(=O)O)C5)C4)C3)nc3sccc23)c(Cl)c1. The second kappa shape index (κ2) is 9.96. The topological polar surface area (TPSA) is 81.6 Å². The third-order valence-electron chi connectivity index (χ3n) is 9.04. The zero-order chi connectivity index (χ0) is 26.6. The van der Waals surface area contributed by atoms with E-state index in [9.17, 15) is 9.90 Å². The molecule has 1 aromatic carbocycles. The maximum absolute atomic E-state index is 11.5. The Kier molecular flexibility index (Phi) is 6.77. The molecule has 2 aliphatic heterocycles. The number of piperidine rings is 1. The fourth-order valence-corrected chi connectivity index (χ4v) is 7.66. The number of aromatic nitrogens is 2. The summed E-state index contributed by atoms with van der Waals surface area (Å²) in [4.78, 5) is 27.3. The number of aryl methyl sites for hydroxylation is 1. The number of hydrogen-bond donors (Lipinski definition) is 2. The molecule has 1 saturated carbocycles. The van der Waals surface area contributed by atoms with E-state index in [0.29, 0.717) is 17.9 Å². The number of likely N-dealkylation sites (tertiary alicyclic amines) is 1. The molecule has 2 atom stereocenters. The molecule has 4 heterocycles. The number of rotatable bonds is 7. The van der Waals surface area contributed by atoms with Crippen molar-refractivity contribution in [2.45, 2.75) is 58.5 Å². The largest absolute Gasteiger partial charge is 0.481 e. The van der Waals surface area contributed by atoms with Crippen molar-refractivity contribution < 1.29 is 9.90 Å². The zero-order valence-electron chi connectivity index (χ0n) is 22.3. The molecule has 2 aromatic heterocycles. The molecule has 6 rings (SSSR count). The molecule has 9 heteroatoms. The molecule has 38 heavy (non-hydrogen) atoms. The van der Waals surface area contributed by atoms with Crippen molar-refractivity contribution in [1.29, 1.82) is 0 Å². The van der Waals surface area contributed by atoms with Crippen molar-refractivity contribution in [3.8, 4) is 0 Å². The van der Waals surface area contributed by atoms with Gasteiger partial charge in [0.1, 0.15) is 10.6 Å². The van der Waals surface area contributed by atoms with Crippen LogP contribution in [-0.2, 0) is 4.79 Å². The van der Waals surface area contributed by atoms with Crippen LogP contribution in [0.25, 0.3) is 10.2 Å². The van der Waals surface area contributed by atoms with E-state index in [2.05, 4.69) is 45.6 Å². The summed E-state index contributed by atoms with van der Waals surface area (Å²) in [5.41, 5.74) is 1.67. The molecule has 0 amide bonds. The minimum absolute atomic E-state index is 0.0146. The van der Waals surface area contributed by atoms with Crippen LogP contribution in [0.15, 0.2) is 29.6 Å². The normalized spacial score (nSPS) is 27.1. The summed E-state index contributed by atoms with van der Waals surface area (Å²) in [6, 6.07) is 8.71. The summed E-state index contributed by atoms with van der Waals surface area (Å²) in [7, 11) is 0. The molecule has 202 valence electrons. The van der Waals surface area contributed by atoms with E-state index in [4.69, 9.17) is 21.6 Å². The Morgan fingerprint density at radius 1 is 1.21 bits per heavy atom. The van der Waals surface area contributed by atoms with Crippen LogP contribution < -0.4 is 10.2 Å². The lowest BCUT2D eigenvalue weighted by atomic mass is 9.65. The van der Waals surface area contributed by atoms with E-state index in [0.717, 1.165) is 77.2 Å². The van der Waals surface area contributed by atoms with Crippen LogP contribution in [0.2, 0.25) is 5.02 Å². The molecule has 2 N–H and O–H groups in total. The number of benzene rings is 1. The van der Waals surface area contributed by atoms with Crippen molar-refractivity contribution in [3.63, 3.8) is 0 Å². The molecule has 3 aromatic rings. The smallest absolute Gasteiger partial charge is 0.309 e. The van der Waals surface area contributed by atoms with Crippen LogP contribution in [0.3, 0.4) is 0 Å². The van der Waals surface area contributed by atoms with Crippen LogP contribution in [0.4, 0.5) is 11.8 Å². The Morgan fingerprint density at radius 3 is 2.74 bits per heavy atom. The van der Waals surface area contributed by atoms with Gasteiger partial charge in [-0.1, -0.05) is 23.7 Å². The van der Waals surface area contributed by atoms with E-state index in [-0.39, 0.29) is 6.04 Å². The number of carboxylic acids is 1. The summed E-state index contributed by atoms with van der Waals surface area (Å²) >= 11 is 8.20. The Hall–Kier alpha value is -2.42. The van der Waals surface area contributed by atoms with Gasteiger partial charge >= 0.3 is 5.97 Å². The highest BCUT2D eigenvalue weighted by atomic mass is 35.5. The summed E-state index contributed by atoms with van der Waals surface area (Å²) in [6.45, 7) is 10.2. The summed E-state index contributed by atoms with van der Waals surface area (Å²) in [6.07, 6.45) is 4.02. The number of halogens is 1. The average Bonchev–Trinajstić information content (AvgIpc) is 3.30. The molecule has 7 nitrogen and oxygen atoms in total. The molecule has 1 aliphatic carbocycles. The number of fused-ring (bicyclic) bond motifs is 1. The van der Waals surface area contributed by atoms with E-state index in [1.807, 2.05) is 19.9 Å². The first-order valence-electron chi connectivity index (χ1n) is 13.7. The predicted molar refractivity (Wildman–Crippen MR) is 154 cm³/mol. The number of thiophene rings is 1. The summed E-state index contributed by atoms with van der Waals surface area (Å²) < 4.78 is 0. The molecular formula is C29H36ClN5O2S. The Balaban J connectivity index is 1.11. The van der Waals surface area contributed by atoms with Gasteiger partial charge in [-0.05, 0) is 93.5 Å². The van der Waals surface area contributed by atoms with Crippen molar-refractivity contribution in [1.82, 2.24) is 14.9 Å². The van der Waals surface area contributed by atoms with E-state index >= 15 is 0 Å². The molecule has 0 radical (unpaired) electrons. The van der Waals surface area contributed by atoms with E-state index in [1.54, 1.807) is 11.3 Å². The second-order valence-corrected chi connectivity index (χ2v) is 13.2. The highest BCUT2D eigenvalue weighted by Gasteiger charge is 2.49. The Bertz CT molecular complexity index is 1350. The lowest BCUT2D eigenvalue weighted by Gasteiger charge is -2.52. The van der Waals surface area contributed by atoms with Gasteiger partial charge in [0.15, 0.2) is 0 Å². The predicted octanol–water partition coefficient (Wildman–Crippen LogP) is 6.23. The van der Waals surface area contributed by atoms with Gasteiger partial charge in [0.2, 0.25) is 5.95 Å². The van der Waals surface area contributed by atoms with Crippen LogP contribution >= 0.6 is 22.9 Å².